The maximum atomic E-state index is 12.9. The summed E-state index contributed by atoms with van der Waals surface area (Å²) in [6.45, 7) is 5.42. The Morgan fingerprint density at radius 1 is 1.26 bits per heavy atom. The molecule has 1 heterocycles. The summed E-state index contributed by atoms with van der Waals surface area (Å²) < 4.78 is 35.1. The number of hydrogen-bond acceptors (Lipinski definition) is 10. The monoisotopic (exact) mass is 532 g/mol. The Kier molecular flexibility index (Phi) is 9.08. The lowest BCUT2D eigenvalue weighted by Gasteiger charge is -2.30. The van der Waals surface area contributed by atoms with Crippen molar-refractivity contribution in [2.75, 3.05) is 13.1 Å². The van der Waals surface area contributed by atoms with Crippen molar-refractivity contribution < 1.29 is 37.2 Å². The number of nitro groups is 1. The molecule has 1 aliphatic heterocycles. The SMILES string of the molecule is CC(=O)S[C@H]1C[C@@H](CN(C(=O)OC(C)(C)C)S(N)(=O)=O)N(C(=O)OCc2ccc([N+](=O)[O-])cc2)C1. The number of benzene rings is 1. The fraction of sp³-hybridized carbons (Fsp3) is 0.550. The molecule has 0 spiro atoms. The lowest BCUT2D eigenvalue weighted by molar-refractivity contribution is -0.384. The van der Waals surface area contributed by atoms with Gasteiger partial charge < -0.3 is 14.4 Å². The number of nitrogens with two attached hydrogens (primary N) is 1. The molecule has 13 nitrogen and oxygen atoms in total. The van der Waals surface area contributed by atoms with Gasteiger partial charge in [-0.3, -0.25) is 14.9 Å². The number of non-ortho nitro benzene ring substituents is 1. The van der Waals surface area contributed by atoms with Gasteiger partial charge in [-0.2, -0.15) is 12.7 Å². The van der Waals surface area contributed by atoms with Crippen LogP contribution in [0.4, 0.5) is 15.3 Å². The Bertz CT molecular complexity index is 1070. The summed E-state index contributed by atoms with van der Waals surface area (Å²) in [6, 6.07) is 4.58. The number of amides is 2. The number of rotatable bonds is 7. The summed E-state index contributed by atoms with van der Waals surface area (Å²) in [6.07, 6.45) is -1.80. The first-order valence-electron chi connectivity index (χ1n) is 10.4. The molecule has 1 aliphatic rings. The van der Waals surface area contributed by atoms with Crippen LogP contribution >= 0.6 is 11.8 Å². The molecular formula is C20H28N4O9S2. The number of nitro benzene ring substituents is 1. The van der Waals surface area contributed by atoms with Crippen molar-refractivity contribution in [3.05, 3.63) is 39.9 Å². The summed E-state index contributed by atoms with van der Waals surface area (Å²) >= 11 is 0.991. The Morgan fingerprint density at radius 2 is 1.86 bits per heavy atom. The zero-order valence-corrected chi connectivity index (χ0v) is 21.3. The number of hydrogen-bond donors (Lipinski definition) is 1. The molecule has 0 saturated carbocycles. The quantitative estimate of drug-likeness (QED) is 0.404. The average molecular weight is 533 g/mol. The smallest absolute Gasteiger partial charge is 0.425 e. The van der Waals surface area contributed by atoms with Crippen LogP contribution in [-0.2, 0) is 31.1 Å². The molecule has 2 N–H and O–H groups in total. The largest absolute Gasteiger partial charge is 0.445 e. The molecular weight excluding hydrogens is 504 g/mol. The molecule has 2 amide bonds. The molecule has 15 heteroatoms. The van der Waals surface area contributed by atoms with E-state index in [1.165, 1.54) is 36.1 Å². The number of likely N-dealkylation sites (tertiary alicyclic amines) is 1. The standard InChI is InChI=1S/C20H28N4O9S2/c1-13(25)34-17-9-16(10-23(35(21,30)31)19(27)33-20(2,3)4)22(11-17)18(26)32-12-14-5-7-15(8-6-14)24(28)29/h5-8,16-17H,9-12H2,1-4H3,(H2,21,30,31)/t16-,17-/m0/s1. The third kappa shape index (κ3) is 8.67. The maximum Gasteiger partial charge on any atom is 0.425 e. The summed E-state index contributed by atoms with van der Waals surface area (Å²) in [5.74, 6) is 0. The fourth-order valence-electron chi connectivity index (χ4n) is 3.32. The lowest BCUT2D eigenvalue weighted by atomic mass is 10.2. The molecule has 0 aliphatic carbocycles. The van der Waals surface area contributed by atoms with E-state index in [9.17, 15) is 32.9 Å². The molecule has 35 heavy (non-hydrogen) atoms. The van der Waals surface area contributed by atoms with Crippen LogP contribution in [0.3, 0.4) is 0 Å². The molecule has 0 radical (unpaired) electrons. The predicted molar refractivity (Wildman–Crippen MR) is 126 cm³/mol. The number of nitrogens with zero attached hydrogens (tertiary/aromatic N) is 3. The summed E-state index contributed by atoms with van der Waals surface area (Å²) in [5.41, 5.74) is -0.616. The Hall–Kier alpha value is -2.91. The maximum absolute atomic E-state index is 12.9. The number of carbonyl (C=O) groups is 3. The molecule has 2 atom stereocenters. The summed E-state index contributed by atoms with van der Waals surface area (Å²) in [4.78, 5) is 48.4. The van der Waals surface area contributed by atoms with E-state index in [4.69, 9.17) is 14.6 Å². The van der Waals surface area contributed by atoms with E-state index >= 15 is 0 Å². The van der Waals surface area contributed by atoms with Crippen LogP contribution in [0.25, 0.3) is 0 Å². The fourth-order valence-corrected chi connectivity index (χ4v) is 4.97. The van der Waals surface area contributed by atoms with Crippen LogP contribution in [0.1, 0.15) is 39.7 Å². The number of ether oxygens (including phenoxy) is 2. The predicted octanol–water partition coefficient (Wildman–Crippen LogP) is 2.39. The van der Waals surface area contributed by atoms with Crippen molar-refractivity contribution in [2.24, 2.45) is 5.14 Å². The van der Waals surface area contributed by atoms with E-state index in [1.54, 1.807) is 20.8 Å². The van der Waals surface area contributed by atoms with Gasteiger partial charge in [-0.1, -0.05) is 11.8 Å². The highest BCUT2D eigenvalue weighted by atomic mass is 32.2. The van der Waals surface area contributed by atoms with Crippen molar-refractivity contribution in [1.29, 1.82) is 0 Å². The van der Waals surface area contributed by atoms with Crippen LogP contribution in [0.15, 0.2) is 24.3 Å². The van der Waals surface area contributed by atoms with Gasteiger partial charge in [0.25, 0.3) is 5.69 Å². The van der Waals surface area contributed by atoms with Crippen molar-refractivity contribution in [1.82, 2.24) is 9.21 Å². The van der Waals surface area contributed by atoms with Gasteiger partial charge >= 0.3 is 22.4 Å². The second-order valence-corrected chi connectivity index (χ2v) is 11.8. The van der Waals surface area contributed by atoms with Gasteiger partial charge in [0.15, 0.2) is 5.12 Å². The Morgan fingerprint density at radius 3 is 2.34 bits per heavy atom. The first kappa shape index (κ1) is 28.3. The molecule has 194 valence electrons. The van der Waals surface area contributed by atoms with Gasteiger partial charge in [-0.05, 0) is 44.9 Å². The second kappa shape index (κ2) is 11.2. The Balaban J connectivity index is 2.19. The molecule has 1 saturated heterocycles. The number of carbonyl (C=O) groups excluding carboxylic acids is 3. The van der Waals surface area contributed by atoms with Gasteiger partial charge in [-0.15, -0.1) is 0 Å². The van der Waals surface area contributed by atoms with Crippen molar-refractivity contribution in [3.63, 3.8) is 0 Å². The third-order valence-electron chi connectivity index (χ3n) is 4.73. The molecule has 1 fully saturated rings. The van der Waals surface area contributed by atoms with E-state index in [0.29, 0.717) is 9.87 Å². The zero-order valence-electron chi connectivity index (χ0n) is 19.7. The van der Waals surface area contributed by atoms with E-state index in [2.05, 4.69) is 0 Å². The first-order valence-corrected chi connectivity index (χ1v) is 12.8. The molecule has 0 aromatic heterocycles. The van der Waals surface area contributed by atoms with Crippen molar-refractivity contribution in [2.45, 2.75) is 57.6 Å². The van der Waals surface area contributed by atoms with Crippen LogP contribution in [0.2, 0.25) is 0 Å². The molecule has 1 aromatic carbocycles. The van der Waals surface area contributed by atoms with Crippen molar-refractivity contribution in [3.8, 4) is 0 Å². The van der Waals surface area contributed by atoms with Gasteiger partial charge in [0.1, 0.15) is 12.2 Å². The second-order valence-electron chi connectivity index (χ2n) is 8.81. The molecule has 0 unspecified atom stereocenters. The van der Waals surface area contributed by atoms with Crippen LogP contribution in [0.5, 0.6) is 0 Å². The lowest BCUT2D eigenvalue weighted by Crippen LogP contribution is -2.50. The first-order chi connectivity index (χ1) is 16.1. The van der Waals surface area contributed by atoms with Crippen molar-refractivity contribution >= 4 is 45.0 Å². The van der Waals surface area contributed by atoms with Crippen LogP contribution in [-0.4, -0.2) is 69.8 Å². The highest BCUT2D eigenvalue weighted by Crippen LogP contribution is 2.30. The minimum Gasteiger partial charge on any atom is -0.445 e. The van der Waals surface area contributed by atoms with Gasteiger partial charge in [0.2, 0.25) is 0 Å². The summed E-state index contributed by atoms with van der Waals surface area (Å²) in [5, 5.41) is 15.5. The van der Waals surface area contributed by atoms with E-state index in [1.807, 2.05) is 0 Å². The topological polar surface area (TPSA) is 179 Å². The Labute approximate surface area is 207 Å². The summed E-state index contributed by atoms with van der Waals surface area (Å²) in [7, 11) is -4.53. The van der Waals surface area contributed by atoms with Gasteiger partial charge in [0.05, 0.1) is 17.5 Å². The molecule has 0 bridgehead atoms. The minimum atomic E-state index is -4.53. The number of thioether (sulfide) groups is 1. The van der Waals surface area contributed by atoms with Gasteiger partial charge in [0, 0.05) is 30.9 Å². The van der Waals surface area contributed by atoms with E-state index in [-0.39, 0.29) is 35.6 Å². The minimum absolute atomic E-state index is 0.0702. The van der Waals surface area contributed by atoms with Gasteiger partial charge in [-0.25, -0.2) is 14.7 Å². The average Bonchev–Trinajstić information content (AvgIpc) is 3.10. The zero-order chi connectivity index (χ0) is 26.6. The highest BCUT2D eigenvalue weighted by molar-refractivity contribution is 8.14. The molecule has 2 rings (SSSR count). The third-order valence-corrected chi connectivity index (χ3v) is 6.65. The van der Waals surface area contributed by atoms with E-state index in [0.717, 1.165) is 11.8 Å². The highest BCUT2D eigenvalue weighted by Gasteiger charge is 2.41. The molecule has 1 aromatic rings. The normalized spacial score (nSPS) is 18.1. The van der Waals surface area contributed by atoms with Crippen LogP contribution in [0, 0.1) is 10.1 Å². The van der Waals surface area contributed by atoms with E-state index < -0.39 is 45.5 Å². The van der Waals surface area contributed by atoms with Crippen LogP contribution < -0.4 is 5.14 Å².